The standard InChI is InChI=1S/C15H13NO2/c1-11-7-9-13(10-8-11)16-14(18-15(16)17)12-5-3-2-4-6-12/h2-10,14H,1H3. The fourth-order valence-corrected chi connectivity index (χ4v) is 2.03. The van der Waals surface area contributed by atoms with Crippen molar-refractivity contribution in [3.05, 3.63) is 65.7 Å². The van der Waals surface area contributed by atoms with Crippen LogP contribution in [0.25, 0.3) is 0 Å². The van der Waals surface area contributed by atoms with Crippen LogP contribution in [-0.4, -0.2) is 6.09 Å². The van der Waals surface area contributed by atoms with Crippen molar-refractivity contribution < 1.29 is 9.53 Å². The summed E-state index contributed by atoms with van der Waals surface area (Å²) < 4.78 is 5.21. The third-order valence-electron chi connectivity index (χ3n) is 3.04. The van der Waals surface area contributed by atoms with Crippen molar-refractivity contribution in [1.29, 1.82) is 0 Å². The van der Waals surface area contributed by atoms with E-state index in [0.717, 1.165) is 11.3 Å². The zero-order valence-electron chi connectivity index (χ0n) is 10.0. The van der Waals surface area contributed by atoms with Crippen molar-refractivity contribution in [3.63, 3.8) is 0 Å². The maximum absolute atomic E-state index is 11.6. The molecule has 3 rings (SSSR count). The number of aryl methyl sites for hydroxylation is 1. The van der Waals surface area contributed by atoms with Crippen molar-refractivity contribution in [1.82, 2.24) is 0 Å². The molecule has 2 aromatic rings. The second kappa shape index (κ2) is 4.18. The second-order valence-corrected chi connectivity index (χ2v) is 4.35. The molecule has 0 saturated carbocycles. The number of nitrogens with zero attached hydrogens (tertiary/aromatic N) is 1. The molecule has 1 aliphatic heterocycles. The number of hydrogen-bond donors (Lipinski definition) is 0. The summed E-state index contributed by atoms with van der Waals surface area (Å²) in [6.45, 7) is 2.02. The summed E-state index contributed by atoms with van der Waals surface area (Å²) in [5.41, 5.74) is 3.02. The van der Waals surface area contributed by atoms with Crippen LogP contribution >= 0.6 is 0 Å². The van der Waals surface area contributed by atoms with Crippen LogP contribution in [0.1, 0.15) is 17.4 Å². The van der Waals surface area contributed by atoms with E-state index in [-0.39, 0.29) is 12.3 Å². The summed E-state index contributed by atoms with van der Waals surface area (Å²) in [5.74, 6) is 0. The molecule has 1 aliphatic rings. The predicted octanol–water partition coefficient (Wildman–Crippen LogP) is 3.65. The Bertz CT molecular complexity index is 563. The van der Waals surface area contributed by atoms with E-state index in [1.807, 2.05) is 61.5 Å². The average Bonchev–Trinajstić information content (AvgIpc) is 2.39. The maximum Gasteiger partial charge on any atom is 0.419 e. The van der Waals surface area contributed by atoms with Crippen molar-refractivity contribution in [2.24, 2.45) is 0 Å². The quantitative estimate of drug-likeness (QED) is 0.800. The molecule has 0 aromatic heterocycles. The van der Waals surface area contributed by atoms with Crippen LogP contribution in [0, 0.1) is 6.92 Å². The van der Waals surface area contributed by atoms with Gasteiger partial charge < -0.3 is 4.74 Å². The van der Waals surface area contributed by atoms with E-state index in [4.69, 9.17) is 4.74 Å². The molecule has 18 heavy (non-hydrogen) atoms. The molecule has 1 saturated heterocycles. The van der Waals surface area contributed by atoms with Crippen LogP contribution in [0.3, 0.4) is 0 Å². The molecule has 1 atom stereocenters. The lowest BCUT2D eigenvalue weighted by atomic mass is 10.1. The SMILES string of the molecule is Cc1ccc(N2C(=O)OC2c2ccccc2)cc1. The van der Waals surface area contributed by atoms with Gasteiger partial charge in [0.25, 0.3) is 0 Å². The van der Waals surface area contributed by atoms with Crippen LogP contribution in [-0.2, 0) is 4.74 Å². The van der Waals surface area contributed by atoms with Crippen LogP contribution < -0.4 is 4.90 Å². The summed E-state index contributed by atoms with van der Waals surface area (Å²) in [6, 6.07) is 17.6. The van der Waals surface area contributed by atoms with Gasteiger partial charge in [-0.25, -0.2) is 9.69 Å². The van der Waals surface area contributed by atoms with Gasteiger partial charge in [0.15, 0.2) is 0 Å². The average molecular weight is 239 g/mol. The first-order valence-electron chi connectivity index (χ1n) is 5.87. The largest absolute Gasteiger partial charge is 0.420 e. The summed E-state index contributed by atoms with van der Waals surface area (Å²) >= 11 is 0. The van der Waals surface area contributed by atoms with Gasteiger partial charge >= 0.3 is 6.09 Å². The molecule has 0 N–H and O–H groups in total. The molecule has 1 unspecified atom stereocenters. The summed E-state index contributed by atoms with van der Waals surface area (Å²) in [5, 5.41) is 0. The van der Waals surface area contributed by atoms with Gasteiger partial charge in [-0.2, -0.15) is 0 Å². The minimum atomic E-state index is -0.304. The van der Waals surface area contributed by atoms with Crippen LogP contribution in [0.5, 0.6) is 0 Å². The number of amides is 1. The Labute approximate surface area is 106 Å². The molecule has 0 radical (unpaired) electrons. The van der Waals surface area contributed by atoms with Gasteiger partial charge in [-0.15, -0.1) is 0 Å². The predicted molar refractivity (Wildman–Crippen MR) is 69.3 cm³/mol. The first-order chi connectivity index (χ1) is 8.75. The second-order valence-electron chi connectivity index (χ2n) is 4.35. The number of cyclic esters (lactones) is 1. The fourth-order valence-electron chi connectivity index (χ4n) is 2.03. The van der Waals surface area contributed by atoms with Gasteiger partial charge in [-0.1, -0.05) is 48.0 Å². The van der Waals surface area contributed by atoms with Crippen molar-refractivity contribution in [2.75, 3.05) is 4.90 Å². The number of hydrogen-bond acceptors (Lipinski definition) is 2. The molecule has 2 aromatic carbocycles. The van der Waals surface area contributed by atoms with E-state index in [2.05, 4.69) is 0 Å². The molecule has 1 amide bonds. The highest BCUT2D eigenvalue weighted by atomic mass is 16.6. The Hall–Kier alpha value is -2.29. The number of carbonyl (C=O) groups excluding carboxylic acids is 1. The lowest BCUT2D eigenvalue weighted by Crippen LogP contribution is -2.48. The molecule has 1 fully saturated rings. The number of anilines is 1. The van der Waals surface area contributed by atoms with Gasteiger partial charge in [0.1, 0.15) is 0 Å². The third-order valence-corrected chi connectivity index (χ3v) is 3.04. The van der Waals surface area contributed by atoms with E-state index >= 15 is 0 Å². The molecule has 3 heteroatoms. The molecular weight excluding hydrogens is 226 g/mol. The summed E-state index contributed by atoms with van der Waals surface area (Å²) in [7, 11) is 0. The Morgan fingerprint density at radius 2 is 1.67 bits per heavy atom. The first kappa shape index (κ1) is 10.8. The van der Waals surface area contributed by atoms with E-state index < -0.39 is 0 Å². The molecular formula is C15H13NO2. The number of benzene rings is 2. The van der Waals surface area contributed by atoms with Crippen molar-refractivity contribution >= 4 is 11.8 Å². The normalized spacial score (nSPS) is 18.2. The molecule has 3 nitrogen and oxygen atoms in total. The van der Waals surface area contributed by atoms with Crippen molar-refractivity contribution in [3.8, 4) is 0 Å². The number of carbonyl (C=O) groups is 1. The first-order valence-corrected chi connectivity index (χ1v) is 5.87. The van der Waals surface area contributed by atoms with Gasteiger partial charge in [0.2, 0.25) is 6.23 Å². The molecule has 90 valence electrons. The van der Waals surface area contributed by atoms with E-state index in [1.54, 1.807) is 4.90 Å². The topological polar surface area (TPSA) is 29.5 Å². The molecule has 0 spiro atoms. The van der Waals surface area contributed by atoms with Gasteiger partial charge in [0.05, 0.1) is 5.69 Å². The number of rotatable bonds is 2. The molecule has 0 bridgehead atoms. The summed E-state index contributed by atoms with van der Waals surface area (Å²) in [4.78, 5) is 13.3. The van der Waals surface area contributed by atoms with Gasteiger partial charge in [-0.05, 0) is 19.1 Å². The Kier molecular flexibility index (Phi) is 2.52. The zero-order chi connectivity index (χ0) is 12.5. The Morgan fingerprint density at radius 3 is 2.28 bits per heavy atom. The maximum atomic E-state index is 11.6. The Balaban J connectivity index is 1.91. The van der Waals surface area contributed by atoms with Gasteiger partial charge in [0, 0.05) is 5.56 Å². The highest BCUT2D eigenvalue weighted by Gasteiger charge is 2.40. The van der Waals surface area contributed by atoms with E-state index in [9.17, 15) is 4.79 Å². The lowest BCUT2D eigenvalue weighted by Gasteiger charge is -2.39. The molecule has 1 heterocycles. The van der Waals surface area contributed by atoms with Gasteiger partial charge in [-0.3, -0.25) is 0 Å². The monoisotopic (exact) mass is 239 g/mol. The summed E-state index contributed by atoms with van der Waals surface area (Å²) in [6.07, 6.45) is -0.603. The van der Waals surface area contributed by atoms with Crippen LogP contribution in [0.2, 0.25) is 0 Å². The van der Waals surface area contributed by atoms with Crippen LogP contribution in [0.4, 0.5) is 10.5 Å². The van der Waals surface area contributed by atoms with E-state index in [1.165, 1.54) is 5.56 Å². The molecule has 0 aliphatic carbocycles. The minimum absolute atomic E-state index is 0.298. The minimum Gasteiger partial charge on any atom is -0.420 e. The highest BCUT2D eigenvalue weighted by molar-refractivity contribution is 5.93. The smallest absolute Gasteiger partial charge is 0.419 e. The fraction of sp³-hybridized carbons (Fsp3) is 0.133. The lowest BCUT2D eigenvalue weighted by molar-refractivity contribution is 0.0430. The van der Waals surface area contributed by atoms with E-state index in [0.29, 0.717) is 0 Å². The van der Waals surface area contributed by atoms with Crippen molar-refractivity contribution in [2.45, 2.75) is 13.2 Å². The third kappa shape index (κ3) is 1.74. The zero-order valence-corrected chi connectivity index (χ0v) is 10.0. The Morgan fingerprint density at radius 1 is 1.00 bits per heavy atom. The van der Waals surface area contributed by atoms with Crippen LogP contribution in [0.15, 0.2) is 54.6 Å². The highest BCUT2D eigenvalue weighted by Crippen LogP contribution is 2.36. The number of ether oxygens (including phenoxy) is 1.